The second-order valence-electron chi connectivity index (χ2n) is 6.46. The van der Waals surface area contributed by atoms with Gasteiger partial charge in [-0.2, -0.15) is 0 Å². The van der Waals surface area contributed by atoms with Crippen LogP contribution in [0.1, 0.15) is 11.4 Å². The van der Waals surface area contributed by atoms with Crippen LogP contribution in [0.4, 0.5) is 0 Å². The molecule has 5 rings (SSSR count). The van der Waals surface area contributed by atoms with Gasteiger partial charge in [-0.1, -0.05) is 30.3 Å². The fourth-order valence-electron chi connectivity index (χ4n) is 3.44. The van der Waals surface area contributed by atoms with Crippen LogP contribution in [-0.4, -0.2) is 15.0 Å². The average molecular weight is 341 g/mol. The summed E-state index contributed by atoms with van der Waals surface area (Å²) in [7, 11) is 0. The number of hydrogen-bond acceptors (Lipinski definition) is 1. The molecule has 0 fully saturated rings. The molecular weight excluding hydrogens is 322 g/mol. The first-order valence-electron chi connectivity index (χ1n) is 8.73. The van der Waals surface area contributed by atoms with Gasteiger partial charge in [0.15, 0.2) is 22.1 Å². The molecule has 0 saturated carbocycles. The van der Waals surface area contributed by atoms with Gasteiger partial charge in [0.05, 0.1) is 11.4 Å². The van der Waals surface area contributed by atoms with Crippen molar-refractivity contribution in [2.45, 2.75) is 13.1 Å². The first-order chi connectivity index (χ1) is 12.9. The van der Waals surface area contributed by atoms with E-state index in [1.807, 2.05) is 24.8 Å². The maximum Gasteiger partial charge on any atom is 0.242 e. The number of aromatic nitrogens is 5. The van der Waals surface area contributed by atoms with Gasteiger partial charge in [-0.3, -0.25) is 0 Å². The predicted molar refractivity (Wildman–Crippen MR) is 99.4 cm³/mol. The fraction of sp³-hybridized carbons (Fsp3) is 0.0952. The summed E-state index contributed by atoms with van der Waals surface area (Å²) in [4.78, 5) is 11.5. The van der Waals surface area contributed by atoms with E-state index in [9.17, 15) is 0 Å². The number of pyridine rings is 1. The van der Waals surface area contributed by atoms with Gasteiger partial charge in [-0.15, -0.1) is 0 Å². The smallest absolute Gasteiger partial charge is 0.242 e. The summed E-state index contributed by atoms with van der Waals surface area (Å²) in [6, 6.07) is 22.9. The topological polar surface area (TPSA) is 52.2 Å². The van der Waals surface area contributed by atoms with E-state index in [4.69, 9.17) is 4.98 Å². The minimum Gasteiger partial charge on any atom is -0.250 e. The number of benzene rings is 2. The highest BCUT2D eigenvalue weighted by Gasteiger charge is 2.12. The SMILES string of the molecule is c1cc(C[n+]2c[nH]c3ccccc32)nc(C[n+]2c[nH]c3ccccc32)c1. The predicted octanol–water partition coefficient (Wildman–Crippen LogP) is 2.72. The Hall–Kier alpha value is -3.47. The Morgan fingerprint density at radius 1 is 0.615 bits per heavy atom. The van der Waals surface area contributed by atoms with Crippen LogP contribution in [0.25, 0.3) is 22.1 Å². The molecule has 0 aliphatic carbocycles. The van der Waals surface area contributed by atoms with Crippen molar-refractivity contribution in [3.05, 3.63) is 90.8 Å². The van der Waals surface area contributed by atoms with Crippen LogP contribution in [0.3, 0.4) is 0 Å². The zero-order chi connectivity index (χ0) is 17.3. The highest BCUT2D eigenvalue weighted by atomic mass is 15.1. The molecule has 3 aromatic heterocycles. The van der Waals surface area contributed by atoms with E-state index in [-0.39, 0.29) is 0 Å². The van der Waals surface area contributed by atoms with Crippen LogP contribution in [0, 0.1) is 0 Å². The molecule has 0 unspecified atom stereocenters. The molecule has 0 saturated heterocycles. The maximum absolute atomic E-state index is 4.87. The van der Waals surface area contributed by atoms with Crippen LogP contribution in [0.2, 0.25) is 0 Å². The molecule has 0 radical (unpaired) electrons. The average Bonchev–Trinajstić information content (AvgIpc) is 3.27. The maximum atomic E-state index is 4.87. The Balaban J connectivity index is 1.44. The van der Waals surface area contributed by atoms with Crippen molar-refractivity contribution >= 4 is 22.1 Å². The lowest BCUT2D eigenvalue weighted by molar-refractivity contribution is -0.664. The van der Waals surface area contributed by atoms with Gasteiger partial charge in [0.25, 0.3) is 0 Å². The molecule has 0 aliphatic rings. The molecule has 0 aliphatic heterocycles. The summed E-state index contributed by atoms with van der Waals surface area (Å²) >= 11 is 0. The molecule has 0 bridgehead atoms. The number of fused-ring (bicyclic) bond motifs is 2. The van der Waals surface area contributed by atoms with Gasteiger partial charge in [0, 0.05) is 0 Å². The molecule has 2 N–H and O–H groups in total. The van der Waals surface area contributed by atoms with Crippen molar-refractivity contribution in [2.24, 2.45) is 0 Å². The van der Waals surface area contributed by atoms with Crippen LogP contribution < -0.4 is 9.13 Å². The molecule has 0 amide bonds. The highest BCUT2D eigenvalue weighted by molar-refractivity contribution is 5.71. The van der Waals surface area contributed by atoms with Gasteiger partial charge in [-0.05, 0) is 36.4 Å². The molecule has 0 spiro atoms. The largest absolute Gasteiger partial charge is 0.250 e. The van der Waals surface area contributed by atoms with E-state index in [1.165, 1.54) is 11.0 Å². The Morgan fingerprint density at radius 3 is 1.65 bits per heavy atom. The molecular formula is C21H19N5+2. The van der Waals surface area contributed by atoms with Crippen molar-refractivity contribution in [2.75, 3.05) is 0 Å². The van der Waals surface area contributed by atoms with Crippen LogP contribution in [-0.2, 0) is 13.1 Å². The van der Waals surface area contributed by atoms with E-state index in [1.54, 1.807) is 0 Å². The Labute approximate surface area is 150 Å². The number of hydrogen-bond donors (Lipinski definition) is 2. The fourth-order valence-corrected chi connectivity index (χ4v) is 3.44. The number of nitrogens with zero attached hydrogens (tertiary/aromatic N) is 3. The molecule has 2 aromatic carbocycles. The second kappa shape index (κ2) is 6.11. The highest BCUT2D eigenvalue weighted by Crippen LogP contribution is 2.09. The number of para-hydroxylation sites is 4. The van der Waals surface area contributed by atoms with Crippen LogP contribution >= 0.6 is 0 Å². The zero-order valence-corrected chi connectivity index (χ0v) is 14.3. The van der Waals surface area contributed by atoms with E-state index in [2.05, 4.69) is 73.7 Å². The van der Waals surface area contributed by atoms with Crippen molar-refractivity contribution in [1.29, 1.82) is 0 Å². The molecule has 5 aromatic rings. The van der Waals surface area contributed by atoms with E-state index >= 15 is 0 Å². The molecule has 26 heavy (non-hydrogen) atoms. The molecule has 126 valence electrons. The van der Waals surface area contributed by atoms with Crippen molar-refractivity contribution < 1.29 is 9.13 Å². The van der Waals surface area contributed by atoms with Crippen molar-refractivity contribution in [1.82, 2.24) is 15.0 Å². The summed E-state index contributed by atoms with van der Waals surface area (Å²) in [5.74, 6) is 0. The van der Waals surface area contributed by atoms with Gasteiger partial charge >= 0.3 is 0 Å². The lowest BCUT2D eigenvalue weighted by Gasteiger charge is -2.03. The molecule has 5 nitrogen and oxygen atoms in total. The van der Waals surface area contributed by atoms with E-state index in [0.29, 0.717) is 0 Å². The number of aromatic amines is 2. The molecule has 0 atom stereocenters. The summed E-state index contributed by atoms with van der Waals surface area (Å²) in [5, 5.41) is 0. The Bertz CT molecular complexity index is 1110. The van der Waals surface area contributed by atoms with Crippen molar-refractivity contribution in [3.63, 3.8) is 0 Å². The van der Waals surface area contributed by atoms with Gasteiger partial charge in [0.1, 0.15) is 13.1 Å². The second-order valence-corrected chi connectivity index (χ2v) is 6.46. The number of H-pyrrole nitrogens is 2. The zero-order valence-electron chi connectivity index (χ0n) is 14.3. The number of imidazole rings is 2. The third kappa shape index (κ3) is 2.63. The third-order valence-electron chi connectivity index (χ3n) is 4.71. The Morgan fingerprint density at radius 2 is 1.12 bits per heavy atom. The minimum absolute atomic E-state index is 0.746. The van der Waals surface area contributed by atoms with E-state index in [0.717, 1.165) is 35.5 Å². The third-order valence-corrected chi connectivity index (χ3v) is 4.71. The number of rotatable bonds is 4. The van der Waals surface area contributed by atoms with Gasteiger partial charge in [-0.25, -0.2) is 24.1 Å². The van der Waals surface area contributed by atoms with Crippen molar-refractivity contribution in [3.8, 4) is 0 Å². The molecule has 5 heteroatoms. The van der Waals surface area contributed by atoms with Gasteiger partial charge in [0.2, 0.25) is 12.7 Å². The lowest BCUT2D eigenvalue weighted by atomic mass is 10.2. The van der Waals surface area contributed by atoms with Crippen LogP contribution in [0.15, 0.2) is 79.4 Å². The van der Waals surface area contributed by atoms with E-state index < -0.39 is 0 Å². The number of nitrogens with one attached hydrogen (secondary N) is 2. The quantitative estimate of drug-likeness (QED) is 0.485. The molecule has 3 heterocycles. The summed E-state index contributed by atoms with van der Waals surface area (Å²) < 4.78 is 4.39. The van der Waals surface area contributed by atoms with Crippen LogP contribution in [0.5, 0.6) is 0 Å². The summed E-state index contributed by atoms with van der Waals surface area (Å²) in [6.07, 6.45) is 4.01. The minimum atomic E-state index is 0.746. The summed E-state index contributed by atoms with van der Waals surface area (Å²) in [5.41, 5.74) is 6.75. The summed E-state index contributed by atoms with van der Waals surface area (Å²) in [6.45, 7) is 1.49. The normalized spacial score (nSPS) is 11.4. The lowest BCUT2D eigenvalue weighted by Crippen LogP contribution is -2.34. The monoisotopic (exact) mass is 341 g/mol. The first kappa shape index (κ1) is 14.8. The Kier molecular flexibility index (Phi) is 3.49. The van der Waals surface area contributed by atoms with Gasteiger partial charge < -0.3 is 0 Å². The first-order valence-corrected chi connectivity index (χ1v) is 8.73. The standard InChI is InChI=1S/C21H17N5/c1-3-10-20-18(8-1)22-14-25(20)12-16-6-5-7-17(24-16)13-26-15-23-19-9-2-4-11-21(19)26/h1-11,14-15H,12-13H2/p+2.